The summed E-state index contributed by atoms with van der Waals surface area (Å²) in [5.74, 6) is 0. The zero-order valence-electron chi connectivity index (χ0n) is 10.6. The Bertz CT molecular complexity index is 122. The number of aliphatic hydroxyl groups is 2. The summed E-state index contributed by atoms with van der Waals surface area (Å²) in [6, 6.07) is 0. The largest absolute Gasteiger partial charge is 0.391 e. The van der Waals surface area contributed by atoms with Crippen LogP contribution >= 0.6 is 0 Å². The second kappa shape index (κ2) is 6.38. The SMILES string of the molecule is CC(C)(C)O.CC(O)COC(C)(C)C. The van der Waals surface area contributed by atoms with Crippen LogP contribution in [-0.4, -0.2) is 34.1 Å². The third-order valence-electron chi connectivity index (χ3n) is 0.758. The molecule has 0 heterocycles. The van der Waals surface area contributed by atoms with E-state index in [0.29, 0.717) is 6.61 Å². The maximum Gasteiger partial charge on any atom is 0.0745 e. The molecule has 0 saturated carbocycles. The fourth-order valence-electron chi connectivity index (χ4n) is 0.371. The topological polar surface area (TPSA) is 49.7 Å². The molecule has 0 aromatic carbocycles. The first-order valence-electron chi connectivity index (χ1n) is 4.96. The molecule has 1 atom stereocenters. The van der Waals surface area contributed by atoms with Crippen molar-refractivity contribution in [2.45, 2.75) is 65.8 Å². The van der Waals surface area contributed by atoms with E-state index in [4.69, 9.17) is 14.9 Å². The lowest BCUT2D eigenvalue weighted by atomic mass is 10.2. The molecule has 0 saturated heterocycles. The van der Waals surface area contributed by atoms with Crippen LogP contribution in [0.25, 0.3) is 0 Å². The van der Waals surface area contributed by atoms with Gasteiger partial charge < -0.3 is 14.9 Å². The highest BCUT2D eigenvalue weighted by molar-refractivity contribution is 4.59. The summed E-state index contributed by atoms with van der Waals surface area (Å²) in [6.07, 6.45) is -0.357. The molecular formula is C11H26O3. The lowest BCUT2D eigenvalue weighted by Gasteiger charge is -2.20. The van der Waals surface area contributed by atoms with Gasteiger partial charge in [0.2, 0.25) is 0 Å². The quantitative estimate of drug-likeness (QED) is 0.726. The minimum atomic E-state index is -0.500. The van der Waals surface area contributed by atoms with Crippen molar-refractivity contribution >= 4 is 0 Å². The number of aliphatic hydroxyl groups excluding tert-OH is 1. The van der Waals surface area contributed by atoms with Crippen LogP contribution in [0.3, 0.4) is 0 Å². The first kappa shape index (κ1) is 16.3. The standard InChI is InChI=1S/C7H16O2.C4H10O/c1-6(8)5-9-7(2,3)4;1-4(2,3)5/h6,8H,5H2,1-4H3;5H,1-3H3. The zero-order valence-corrected chi connectivity index (χ0v) is 10.6. The van der Waals surface area contributed by atoms with Crippen molar-refractivity contribution in [3.8, 4) is 0 Å². The van der Waals surface area contributed by atoms with Crippen LogP contribution in [0.2, 0.25) is 0 Å². The minimum Gasteiger partial charge on any atom is -0.391 e. The summed E-state index contributed by atoms with van der Waals surface area (Å²) in [4.78, 5) is 0. The Morgan fingerprint density at radius 3 is 1.43 bits per heavy atom. The van der Waals surface area contributed by atoms with Gasteiger partial charge in [0.25, 0.3) is 0 Å². The van der Waals surface area contributed by atoms with E-state index in [-0.39, 0.29) is 11.7 Å². The molecule has 0 aromatic rings. The molecule has 0 aliphatic heterocycles. The van der Waals surface area contributed by atoms with Gasteiger partial charge in [-0.05, 0) is 48.5 Å². The zero-order chi connectivity index (χ0) is 12.0. The van der Waals surface area contributed by atoms with Crippen molar-refractivity contribution < 1.29 is 14.9 Å². The molecule has 1 unspecified atom stereocenters. The smallest absolute Gasteiger partial charge is 0.0745 e. The summed E-state index contributed by atoms with van der Waals surface area (Å²) in [6.45, 7) is 13.3. The average Bonchev–Trinajstić information content (AvgIpc) is 1.77. The summed E-state index contributed by atoms with van der Waals surface area (Å²) >= 11 is 0. The Morgan fingerprint density at radius 1 is 1.07 bits per heavy atom. The fourth-order valence-corrected chi connectivity index (χ4v) is 0.371. The fraction of sp³-hybridized carbons (Fsp3) is 1.00. The Labute approximate surface area is 88.1 Å². The summed E-state index contributed by atoms with van der Waals surface area (Å²) in [7, 11) is 0. The van der Waals surface area contributed by atoms with E-state index in [1.54, 1.807) is 27.7 Å². The first-order chi connectivity index (χ1) is 5.92. The van der Waals surface area contributed by atoms with Crippen molar-refractivity contribution in [2.24, 2.45) is 0 Å². The van der Waals surface area contributed by atoms with Gasteiger partial charge in [-0.3, -0.25) is 0 Å². The third kappa shape index (κ3) is 40.7. The normalized spacial score (nSPS) is 14.4. The first-order valence-corrected chi connectivity index (χ1v) is 4.96. The van der Waals surface area contributed by atoms with Crippen molar-refractivity contribution in [3.05, 3.63) is 0 Å². The Kier molecular flexibility index (Phi) is 7.43. The van der Waals surface area contributed by atoms with E-state index in [9.17, 15) is 0 Å². The van der Waals surface area contributed by atoms with Gasteiger partial charge >= 0.3 is 0 Å². The number of hydrogen-bond donors (Lipinski definition) is 2. The predicted octanol–water partition coefficient (Wildman–Crippen LogP) is 1.96. The summed E-state index contributed by atoms with van der Waals surface area (Å²) < 4.78 is 5.24. The molecule has 0 rings (SSSR count). The van der Waals surface area contributed by atoms with E-state index in [1.165, 1.54) is 0 Å². The molecule has 0 radical (unpaired) electrons. The second-order valence-electron chi connectivity index (χ2n) is 5.44. The van der Waals surface area contributed by atoms with Gasteiger partial charge in [-0.15, -0.1) is 0 Å². The molecule has 0 aliphatic rings. The van der Waals surface area contributed by atoms with E-state index in [2.05, 4.69) is 0 Å². The molecule has 3 heteroatoms. The van der Waals surface area contributed by atoms with Crippen LogP contribution < -0.4 is 0 Å². The molecule has 3 nitrogen and oxygen atoms in total. The van der Waals surface area contributed by atoms with Crippen LogP contribution in [0.15, 0.2) is 0 Å². The summed E-state index contributed by atoms with van der Waals surface area (Å²) in [5.41, 5.74) is -0.628. The molecule has 0 spiro atoms. The highest BCUT2D eigenvalue weighted by Gasteiger charge is 2.10. The minimum absolute atomic E-state index is 0.128. The molecule has 0 aromatic heterocycles. The van der Waals surface area contributed by atoms with Crippen LogP contribution in [0, 0.1) is 0 Å². The van der Waals surface area contributed by atoms with Crippen LogP contribution in [0.1, 0.15) is 48.5 Å². The Morgan fingerprint density at radius 2 is 1.36 bits per heavy atom. The van der Waals surface area contributed by atoms with Crippen molar-refractivity contribution in [1.29, 1.82) is 0 Å². The van der Waals surface area contributed by atoms with Gasteiger partial charge in [-0.25, -0.2) is 0 Å². The van der Waals surface area contributed by atoms with Gasteiger partial charge in [-0.1, -0.05) is 0 Å². The predicted molar refractivity (Wildman–Crippen MR) is 59.4 cm³/mol. The van der Waals surface area contributed by atoms with Gasteiger partial charge in [-0.2, -0.15) is 0 Å². The van der Waals surface area contributed by atoms with Crippen LogP contribution in [0.5, 0.6) is 0 Å². The van der Waals surface area contributed by atoms with Gasteiger partial charge in [0.1, 0.15) is 0 Å². The van der Waals surface area contributed by atoms with E-state index >= 15 is 0 Å². The third-order valence-corrected chi connectivity index (χ3v) is 0.758. The van der Waals surface area contributed by atoms with Gasteiger partial charge in [0, 0.05) is 0 Å². The second-order valence-corrected chi connectivity index (χ2v) is 5.44. The molecule has 88 valence electrons. The van der Waals surface area contributed by atoms with E-state index in [0.717, 1.165) is 0 Å². The molecule has 14 heavy (non-hydrogen) atoms. The van der Waals surface area contributed by atoms with E-state index < -0.39 is 5.60 Å². The highest BCUT2D eigenvalue weighted by Crippen LogP contribution is 2.06. The Balaban J connectivity index is 0. The number of hydrogen-bond acceptors (Lipinski definition) is 3. The summed E-state index contributed by atoms with van der Waals surface area (Å²) in [5, 5.41) is 17.3. The molecular weight excluding hydrogens is 180 g/mol. The number of ether oxygens (including phenoxy) is 1. The van der Waals surface area contributed by atoms with Crippen molar-refractivity contribution in [3.63, 3.8) is 0 Å². The molecule has 2 N–H and O–H groups in total. The molecule has 0 aliphatic carbocycles. The average molecular weight is 206 g/mol. The maximum absolute atomic E-state index is 8.79. The lowest BCUT2D eigenvalue weighted by Crippen LogP contribution is -2.24. The molecule has 0 fully saturated rings. The van der Waals surface area contributed by atoms with Crippen molar-refractivity contribution in [1.82, 2.24) is 0 Å². The molecule has 0 bridgehead atoms. The highest BCUT2D eigenvalue weighted by atomic mass is 16.5. The maximum atomic E-state index is 8.79. The monoisotopic (exact) mass is 206 g/mol. The van der Waals surface area contributed by atoms with Crippen molar-refractivity contribution in [2.75, 3.05) is 6.61 Å². The Hall–Kier alpha value is -0.120. The van der Waals surface area contributed by atoms with Gasteiger partial charge in [0.15, 0.2) is 0 Å². The van der Waals surface area contributed by atoms with Crippen LogP contribution in [-0.2, 0) is 4.74 Å². The molecule has 0 amide bonds. The van der Waals surface area contributed by atoms with Gasteiger partial charge in [0.05, 0.1) is 23.9 Å². The number of rotatable bonds is 2. The van der Waals surface area contributed by atoms with E-state index in [1.807, 2.05) is 20.8 Å². The van der Waals surface area contributed by atoms with Crippen LogP contribution in [0.4, 0.5) is 0 Å². The lowest BCUT2D eigenvalue weighted by molar-refractivity contribution is -0.0436.